The van der Waals surface area contributed by atoms with Crippen LogP contribution < -0.4 is 5.32 Å². The first kappa shape index (κ1) is 17.0. The summed E-state index contributed by atoms with van der Waals surface area (Å²) in [5, 5.41) is 16.4. The number of imidazole rings is 1. The van der Waals surface area contributed by atoms with Crippen molar-refractivity contribution in [3.8, 4) is 0 Å². The number of nitro groups is 1. The van der Waals surface area contributed by atoms with E-state index >= 15 is 0 Å². The molecule has 0 saturated carbocycles. The molecular formula is C16H19N5O4S. The molecule has 1 fully saturated rings. The van der Waals surface area contributed by atoms with Gasteiger partial charge < -0.3 is 24.6 Å². The quantitative estimate of drug-likeness (QED) is 0.521. The first-order valence-electron chi connectivity index (χ1n) is 8.35. The van der Waals surface area contributed by atoms with Crippen molar-refractivity contribution in [2.24, 2.45) is 0 Å². The van der Waals surface area contributed by atoms with Crippen LogP contribution in [-0.4, -0.2) is 52.1 Å². The van der Waals surface area contributed by atoms with Crippen molar-refractivity contribution in [3.05, 3.63) is 45.3 Å². The van der Waals surface area contributed by atoms with Gasteiger partial charge in [-0.1, -0.05) is 11.3 Å². The highest BCUT2D eigenvalue weighted by atomic mass is 32.1. The minimum absolute atomic E-state index is 0.0439. The Kier molecular flexibility index (Phi) is 4.62. The van der Waals surface area contributed by atoms with Gasteiger partial charge in [-0.3, -0.25) is 4.90 Å². The molecule has 0 spiro atoms. The first-order valence-corrected chi connectivity index (χ1v) is 9.23. The topological polar surface area (TPSA) is 98.1 Å². The fourth-order valence-corrected chi connectivity index (χ4v) is 3.90. The van der Waals surface area contributed by atoms with Gasteiger partial charge >= 0.3 is 5.82 Å². The van der Waals surface area contributed by atoms with E-state index in [2.05, 4.69) is 15.2 Å². The summed E-state index contributed by atoms with van der Waals surface area (Å²) in [7, 11) is 0. The molecule has 0 amide bonds. The molecule has 3 aromatic rings. The summed E-state index contributed by atoms with van der Waals surface area (Å²) >= 11 is 1.36. The summed E-state index contributed by atoms with van der Waals surface area (Å²) in [4.78, 5) is 18.3. The Morgan fingerprint density at radius 1 is 1.42 bits per heavy atom. The summed E-state index contributed by atoms with van der Waals surface area (Å²) in [5.74, 6) is 1.91. The second kappa shape index (κ2) is 7.06. The number of anilines is 1. The predicted octanol–water partition coefficient (Wildman–Crippen LogP) is 2.69. The van der Waals surface area contributed by atoms with Gasteiger partial charge in [-0.2, -0.15) is 9.38 Å². The molecule has 1 atom stereocenters. The standard InChI is InChI=1S/C16H19N5O4S/c1-11-2-3-13(25-11)12(19-4-7-24-8-5-19)10-17-14-15(21(22)23)20-6-9-26-16(20)18-14/h2-3,6,9,12,17H,4-5,7-8,10H2,1H3/t12-/m1/s1. The van der Waals surface area contributed by atoms with E-state index in [1.165, 1.54) is 15.7 Å². The lowest BCUT2D eigenvalue weighted by molar-refractivity contribution is -0.389. The van der Waals surface area contributed by atoms with Gasteiger partial charge in [0.25, 0.3) is 4.96 Å². The van der Waals surface area contributed by atoms with Crippen LogP contribution in [0.15, 0.2) is 28.1 Å². The van der Waals surface area contributed by atoms with Crippen LogP contribution in [0, 0.1) is 17.0 Å². The summed E-state index contributed by atoms with van der Waals surface area (Å²) < 4.78 is 12.8. The number of hydrogen-bond donors (Lipinski definition) is 1. The summed E-state index contributed by atoms with van der Waals surface area (Å²) in [6.45, 7) is 5.26. The SMILES string of the molecule is Cc1ccc([C@@H](CNc2nc3sccn3c2[N+](=O)[O-])N2CCOCC2)o1. The van der Waals surface area contributed by atoms with Crippen LogP contribution in [0.4, 0.5) is 11.6 Å². The van der Waals surface area contributed by atoms with Crippen molar-refractivity contribution < 1.29 is 14.1 Å². The normalized spacial score (nSPS) is 16.8. The van der Waals surface area contributed by atoms with Crippen LogP contribution in [0.1, 0.15) is 17.6 Å². The van der Waals surface area contributed by atoms with Crippen molar-refractivity contribution >= 4 is 27.9 Å². The Bertz CT molecular complexity index is 911. The lowest BCUT2D eigenvalue weighted by Crippen LogP contribution is -2.41. The van der Waals surface area contributed by atoms with Gasteiger partial charge in [0.2, 0.25) is 5.82 Å². The number of ether oxygens (including phenoxy) is 1. The average molecular weight is 377 g/mol. The maximum absolute atomic E-state index is 11.5. The Morgan fingerprint density at radius 2 is 2.23 bits per heavy atom. The molecule has 3 aromatic heterocycles. The van der Waals surface area contributed by atoms with E-state index in [0.717, 1.165) is 24.6 Å². The molecule has 1 aliphatic heterocycles. The van der Waals surface area contributed by atoms with E-state index in [-0.39, 0.29) is 17.7 Å². The highest BCUT2D eigenvalue weighted by Gasteiger charge is 2.28. The Labute approximate surface area is 153 Å². The van der Waals surface area contributed by atoms with Crippen LogP contribution in [0.2, 0.25) is 0 Å². The highest BCUT2D eigenvalue weighted by molar-refractivity contribution is 7.15. The lowest BCUT2D eigenvalue weighted by atomic mass is 10.1. The molecule has 0 aromatic carbocycles. The molecule has 10 heteroatoms. The molecule has 4 rings (SSSR count). The predicted molar refractivity (Wildman–Crippen MR) is 96.8 cm³/mol. The number of nitrogens with zero attached hydrogens (tertiary/aromatic N) is 4. The number of furan rings is 1. The third kappa shape index (κ3) is 3.18. The maximum Gasteiger partial charge on any atom is 0.372 e. The summed E-state index contributed by atoms with van der Waals surface area (Å²) in [5.41, 5.74) is 0. The number of morpholine rings is 1. The Hall–Kier alpha value is -2.43. The molecule has 1 N–H and O–H groups in total. The zero-order chi connectivity index (χ0) is 18.1. The fourth-order valence-electron chi connectivity index (χ4n) is 3.19. The average Bonchev–Trinajstić information content (AvgIpc) is 3.31. The van der Waals surface area contributed by atoms with Crippen LogP contribution in [-0.2, 0) is 4.74 Å². The van der Waals surface area contributed by atoms with Gasteiger partial charge in [-0.15, -0.1) is 0 Å². The second-order valence-electron chi connectivity index (χ2n) is 6.09. The molecular weight excluding hydrogens is 358 g/mol. The zero-order valence-electron chi connectivity index (χ0n) is 14.3. The van der Waals surface area contributed by atoms with Crippen molar-refractivity contribution in [2.75, 3.05) is 38.2 Å². The molecule has 4 heterocycles. The van der Waals surface area contributed by atoms with E-state index in [4.69, 9.17) is 9.15 Å². The molecule has 0 bridgehead atoms. The third-order valence-corrected chi connectivity index (χ3v) is 5.21. The van der Waals surface area contributed by atoms with E-state index < -0.39 is 4.92 Å². The minimum atomic E-state index is -0.407. The molecule has 0 radical (unpaired) electrons. The summed E-state index contributed by atoms with van der Waals surface area (Å²) in [6, 6.07) is 3.83. The van der Waals surface area contributed by atoms with Crippen LogP contribution in [0.3, 0.4) is 0 Å². The third-order valence-electron chi connectivity index (χ3n) is 4.45. The van der Waals surface area contributed by atoms with Crippen molar-refractivity contribution in [3.63, 3.8) is 0 Å². The number of rotatable bonds is 6. The number of thiazole rings is 1. The van der Waals surface area contributed by atoms with Crippen LogP contribution in [0.5, 0.6) is 0 Å². The first-order chi connectivity index (χ1) is 12.6. The number of hydrogen-bond acceptors (Lipinski definition) is 8. The Morgan fingerprint density at radius 3 is 2.92 bits per heavy atom. The largest absolute Gasteiger partial charge is 0.465 e. The molecule has 9 nitrogen and oxygen atoms in total. The second-order valence-corrected chi connectivity index (χ2v) is 6.96. The monoisotopic (exact) mass is 377 g/mol. The van der Waals surface area contributed by atoms with Gasteiger partial charge in [0.15, 0.2) is 0 Å². The van der Waals surface area contributed by atoms with Crippen molar-refractivity contribution in [1.29, 1.82) is 0 Å². The molecule has 138 valence electrons. The number of nitrogens with one attached hydrogen (secondary N) is 1. The highest BCUT2D eigenvalue weighted by Crippen LogP contribution is 2.30. The smallest absolute Gasteiger partial charge is 0.372 e. The van der Waals surface area contributed by atoms with Gasteiger partial charge in [0.05, 0.1) is 19.3 Å². The van der Waals surface area contributed by atoms with Gasteiger partial charge in [0.1, 0.15) is 17.7 Å². The summed E-state index contributed by atoms with van der Waals surface area (Å²) in [6.07, 6.45) is 1.66. The molecule has 1 aliphatic rings. The Balaban J connectivity index is 1.59. The van der Waals surface area contributed by atoms with Crippen molar-refractivity contribution in [2.45, 2.75) is 13.0 Å². The van der Waals surface area contributed by atoms with E-state index in [1.807, 2.05) is 19.1 Å². The zero-order valence-corrected chi connectivity index (χ0v) is 15.1. The van der Waals surface area contributed by atoms with Crippen LogP contribution >= 0.6 is 11.3 Å². The fraction of sp³-hybridized carbons (Fsp3) is 0.438. The maximum atomic E-state index is 11.5. The molecule has 0 unspecified atom stereocenters. The lowest BCUT2D eigenvalue weighted by Gasteiger charge is -2.33. The number of aryl methyl sites for hydroxylation is 1. The van der Waals surface area contributed by atoms with Crippen molar-refractivity contribution in [1.82, 2.24) is 14.3 Å². The van der Waals surface area contributed by atoms with Crippen LogP contribution in [0.25, 0.3) is 4.96 Å². The molecule has 1 saturated heterocycles. The van der Waals surface area contributed by atoms with Gasteiger partial charge in [-0.25, -0.2) is 0 Å². The van der Waals surface area contributed by atoms with Gasteiger partial charge in [-0.05, 0) is 24.0 Å². The number of aromatic nitrogens is 2. The van der Waals surface area contributed by atoms with E-state index in [1.54, 1.807) is 11.6 Å². The van der Waals surface area contributed by atoms with E-state index in [9.17, 15) is 10.1 Å². The van der Waals surface area contributed by atoms with Gasteiger partial charge in [0, 0.05) is 25.0 Å². The number of fused-ring (bicyclic) bond motifs is 1. The molecule has 0 aliphatic carbocycles. The minimum Gasteiger partial charge on any atom is -0.465 e. The molecule has 26 heavy (non-hydrogen) atoms. The van der Waals surface area contributed by atoms with E-state index in [0.29, 0.717) is 24.7 Å².